The Balaban J connectivity index is 1.45. The second kappa shape index (κ2) is 13.7. The smallest absolute Gasteiger partial charge is 0.417 e. The van der Waals surface area contributed by atoms with Crippen LogP contribution < -0.4 is 19.8 Å². The van der Waals surface area contributed by atoms with Gasteiger partial charge in [0, 0.05) is 6.20 Å². The first-order valence-electron chi connectivity index (χ1n) is 13.6. The summed E-state index contributed by atoms with van der Waals surface area (Å²) in [5, 5.41) is 11.3. The van der Waals surface area contributed by atoms with Gasteiger partial charge in [-0.05, 0) is 45.3 Å². The van der Waals surface area contributed by atoms with Crippen molar-refractivity contribution in [3.63, 3.8) is 0 Å². The van der Waals surface area contributed by atoms with Crippen molar-refractivity contribution in [1.82, 2.24) is 4.98 Å². The van der Waals surface area contributed by atoms with Crippen LogP contribution >= 0.6 is 11.6 Å². The predicted molar refractivity (Wildman–Crippen MR) is 166 cm³/mol. The monoisotopic (exact) mass is 641 g/mol. The Morgan fingerprint density at radius 1 is 0.909 bits per heavy atom. The third-order valence-electron chi connectivity index (χ3n) is 6.82. The number of pyridine rings is 1. The molecule has 0 aliphatic heterocycles. The molecule has 44 heavy (non-hydrogen) atoms. The van der Waals surface area contributed by atoms with Gasteiger partial charge in [-0.15, -0.1) is 0 Å². The fourth-order valence-electron chi connectivity index (χ4n) is 4.82. The molecule has 0 atom stereocenters. The number of hydrogen-bond donors (Lipinski definition) is 1. The maximum atomic E-state index is 12.9. The van der Waals surface area contributed by atoms with Crippen LogP contribution in [0.1, 0.15) is 31.9 Å². The molecular weight excluding hydrogens is 611 g/mol. The Hall–Kier alpha value is -4.12. The molecule has 11 heteroatoms. The lowest BCUT2D eigenvalue weighted by Crippen LogP contribution is -2.66. The molecule has 0 amide bonds. The Morgan fingerprint density at radius 3 is 1.95 bits per heavy atom. The molecule has 0 radical (unpaired) electrons. The van der Waals surface area contributed by atoms with Crippen LogP contribution in [-0.4, -0.2) is 37.6 Å². The van der Waals surface area contributed by atoms with E-state index in [0.717, 1.165) is 0 Å². The van der Waals surface area contributed by atoms with E-state index in [-0.39, 0.29) is 11.6 Å². The zero-order valence-corrected chi connectivity index (χ0v) is 26.0. The Bertz CT molecular complexity index is 1550. The van der Waals surface area contributed by atoms with Crippen LogP contribution in [0, 0.1) is 0 Å². The summed E-state index contributed by atoms with van der Waals surface area (Å²) in [5.41, 5.74) is -0.635. The zero-order chi connectivity index (χ0) is 32.0. The normalized spacial score (nSPS) is 12.6. The van der Waals surface area contributed by atoms with Crippen LogP contribution in [0.3, 0.4) is 0 Å². The Labute approximate surface area is 259 Å². The Morgan fingerprint density at radius 2 is 1.48 bits per heavy atom. The van der Waals surface area contributed by atoms with Gasteiger partial charge >= 0.3 is 12.1 Å². The maximum absolute atomic E-state index is 12.9. The molecule has 1 heterocycles. The molecule has 0 fully saturated rings. The van der Waals surface area contributed by atoms with Crippen LogP contribution in [0.15, 0.2) is 103 Å². The van der Waals surface area contributed by atoms with Crippen molar-refractivity contribution < 1.29 is 37.0 Å². The second-order valence-electron chi connectivity index (χ2n) is 10.9. The largest absolute Gasteiger partial charge is 0.491 e. The summed E-state index contributed by atoms with van der Waals surface area (Å²) in [5.74, 6) is -1.96. The van der Waals surface area contributed by atoms with Crippen molar-refractivity contribution >= 4 is 42.3 Å². The van der Waals surface area contributed by atoms with Gasteiger partial charge in [0.05, 0.1) is 12.2 Å². The lowest BCUT2D eigenvalue weighted by molar-refractivity contribution is -0.138. The molecule has 3 aromatic carbocycles. The van der Waals surface area contributed by atoms with Crippen molar-refractivity contribution in [3.8, 4) is 11.6 Å². The minimum Gasteiger partial charge on any atom is -0.491 e. The number of benzene rings is 3. The minimum absolute atomic E-state index is 0.173. The Kier molecular flexibility index (Phi) is 10.2. The van der Waals surface area contributed by atoms with Gasteiger partial charge in [-0.3, -0.25) is 0 Å². The number of alkyl halides is 3. The van der Waals surface area contributed by atoms with E-state index in [0.29, 0.717) is 30.2 Å². The number of ether oxygens (including phenoxy) is 2. The maximum Gasteiger partial charge on any atom is 0.417 e. The first-order chi connectivity index (χ1) is 20.8. The molecule has 4 aromatic rings. The number of nitrogens with zero attached hydrogens (tertiary/aromatic N) is 1. The molecule has 6 nitrogen and oxygen atoms in total. The van der Waals surface area contributed by atoms with Gasteiger partial charge in [-0.25, -0.2) is 9.78 Å². The van der Waals surface area contributed by atoms with E-state index < -0.39 is 42.7 Å². The summed E-state index contributed by atoms with van der Waals surface area (Å²) in [6.45, 7) is 7.21. The highest BCUT2D eigenvalue weighted by Gasteiger charge is 2.50. The summed E-state index contributed by atoms with van der Waals surface area (Å²) < 4.78 is 56.7. The van der Waals surface area contributed by atoms with Gasteiger partial charge in [0.1, 0.15) is 17.4 Å². The number of carboxylic acids is 1. The average Bonchev–Trinajstić information content (AvgIpc) is 2.98. The number of aromatic nitrogens is 1. The lowest BCUT2D eigenvalue weighted by atomic mass is 10.2. The topological polar surface area (TPSA) is 77.9 Å². The van der Waals surface area contributed by atoms with Gasteiger partial charge in [-0.1, -0.05) is 105 Å². The molecule has 0 saturated carbocycles. The highest BCUT2D eigenvalue weighted by atomic mass is 35.5. The van der Waals surface area contributed by atoms with Crippen LogP contribution in [-0.2, 0) is 15.4 Å². The highest BCUT2D eigenvalue weighted by molar-refractivity contribution is 6.99. The number of carbonyl (C=O) groups is 1. The van der Waals surface area contributed by atoms with E-state index >= 15 is 0 Å². The summed E-state index contributed by atoms with van der Waals surface area (Å²) >= 11 is 5.86. The average molecular weight is 642 g/mol. The van der Waals surface area contributed by atoms with Crippen LogP contribution in [0.2, 0.25) is 10.1 Å². The molecule has 1 N–H and O–H groups in total. The van der Waals surface area contributed by atoms with Crippen LogP contribution in [0.4, 0.5) is 13.2 Å². The first-order valence-corrected chi connectivity index (χ1v) is 15.9. The number of hydrogen-bond acceptors (Lipinski definition) is 5. The van der Waals surface area contributed by atoms with Gasteiger partial charge in [0.15, 0.2) is 0 Å². The van der Waals surface area contributed by atoms with Gasteiger partial charge in [0.25, 0.3) is 8.32 Å². The van der Waals surface area contributed by atoms with E-state index in [9.17, 15) is 23.1 Å². The van der Waals surface area contributed by atoms with Gasteiger partial charge < -0.3 is 19.0 Å². The number of aliphatic carboxylic acids is 1. The molecule has 0 spiro atoms. The van der Waals surface area contributed by atoms with Crippen molar-refractivity contribution in [2.24, 2.45) is 0 Å². The molecule has 0 unspecified atom stereocenters. The third kappa shape index (κ3) is 7.68. The van der Waals surface area contributed by atoms with E-state index in [1.54, 1.807) is 24.3 Å². The summed E-state index contributed by atoms with van der Waals surface area (Å²) in [7, 11) is -2.70. The summed E-state index contributed by atoms with van der Waals surface area (Å²) in [6.07, 6.45) is -2.93. The lowest BCUT2D eigenvalue weighted by Gasteiger charge is -2.43. The van der Waals surface area contributed by atoms with Crippen molar-refractivity contribution in [2.45, 2.75) is 32.0 Å². The second-order valence-corrected chi connectivity index (χ2v) is 15.6. The summed E-state index contributed by atoms with van der Waals surface area (Å²) in [4.78, 5) is 15.3. The van der Waals surface area contributed by atoms with Crippen molar-refractivity contribution in [3.05, 3.63) is 119 Å². The fourth-order valence-corrected chi connectivity index (χ4v) is 9.57. The van der Waals surface area contributed by atoms with E-state index in [1.807, 2.05) is 36.4 Å². The molecular formula is C33H31ClF3NO5Si. The van der Waals surface area contributed by atoms with Crippen molar-refractivity contribution in [1.29, 1.82) is 0 Å². The molecule has 0 aliphatic rings. The molecule has 1 aromatic heterocycles. The summed E-state index contributed by atoms with van der Waals surface area (Å²) in [6, 6.07) is 27.7. The van der Waals surface area contributed by atoms with E-state index in [4.69, 9.17) is 25.5 Å². The molecule has 0 aliphatic carbocycles. The first kappa shape index (κ1) is 32.8. The molecule has 0 bridgehead atoms. The number of carboxylic acid groups (broad SMARTS) is 1. The predicted octanol–water partition coefficient (Wildman–Crippen LogP) is 7.21. The van der Waals surface area contributed by atoms with Crippen molar-refractivity contribution in [2.75, 3.05) is 13.2 Å². The van der Waals surface area contributed by atoms with Crippen LogP contribution in [0.5, 0.6) is 11.6 Å². The number of rotatable bonds is 11. The highest BCUT2D eigenvalue weighted by Crippen LogP contribution is 2.37. The minimum atomic E-state index is -4.65. The van der Waals surface area contributed by atoms with Crippen LogP contribution in [0.25, 0.3) is 6.08 Å². The molecule has 0 saturated heterocycles. The SMILES string of the molecule is CC(C)(C)[Si](OCCOc1ccc(C=C(Oc2ncc(C(F)(F)F)cc2Cl)C(=O)O)cc1)(c1ccccc1)c1ccccc1. The van der Waals surface area contributed by atoms with E-state index in [1.165, 1.54) is 16.4 Å². The standard InChI is InChI=1S/C33H31ClF3NO5Si/c1-32(2,3)44(26-10-6-4-7-11-26,27-12-8-5-9-13-27)42-19-18-41-25-16-14-23(15-17-25)20-29(31(39)40)43-30-28(34)21-24(22-38-30)33(35,36)37/h4-17,20-22H,18-19H2,1-3H3,(H,39,40). The number of halogens is 4. The van der Waals surface area contributed by atoms with Gasteiger partial charge in [0.2, 0.25) is 11.6 Å². The molecule has 4 rings (SSSR count). The quantitative estimate of drug-likeness (QED) is 0.0807. The third-order valence-corrected chi connectivity index (χ3v) is 12.1. The van der Waals surface area contributed by atoms with Gasteiger partial charge in [-0.2, -0.15) is 13.2 Å². The zero-order valence-electron chi connectivity index (χ0n) is 24.3. The fraction of sp³-hybridized carbons (Fsp3) is 0.212. The van der Waals surface area contributed by atoms with E-state index in [2.05, 4.69) is 50.0 Å². The molecule has 230 valence electrons.